The number of hydrogen-bond acceptors (Lipinski definition) is 2. The van der Waals surface area contributed by atoms with E-state index in [-0.39, 0.29) is 0 Å². The number of nitrogens with zero attached hydrogens (tertiary/aromatic N) is 1. The molecule has 2 heteroatoms. The first-order valence-electron chi connectivity index (χ1n) is 7.22. The van der Waals surface area contributed by atoms with Crippen molar-refractivity contribution in [2.45, 2.75) is 51.3 Å². The average molecular weight is 245 g/mol. The van der Waals surface area contributed by atoms with Gasteiger partial charge >= 0.3 is 0 Å². The summed E-state index contributed by atoms with van der Waals surface area (Å²) >= 11 is 0. The minimum atomic E-state index is 0.482. The van der Waals surface area contributed by atoms with Crippen LogP contribution in [0, 0.1) is 6.92 Å². The van der Waals surface area contributed by atoms with Gasteiger partial charge in [0.1, 0.15) is 0 Å². The molecule has 2 nitrogen and oxygen atoms in total. The Balaban J connectivity index is 1.60. The first-order valence-corrected chi connectivity index (χ1v) is 7.22. The highest BCUT2D eigenvalue weighted by Crippen LogP contribution is 2.29. The van der Waals surface area contributed by atoms with Crippen molar-refractivity contribution in [2.24, 2.45) is 0 Å². The van der Waals surface area contributed by atoms with Crippen molar-refractivity contribution in [2.75, 3.05) is 13.2 Å². The van der Waals surface area contributed by atoms with Crippen LogP contribution in [0.1, 0.15) is 36.8 Å². The summed E-state index contributed by atoms with van der Waals surface area (Å²) in [5.74, 6) is 0. The molecule has 3 rings (SSSR count). The van der Waals surface area contributed by atoms with Crippen molar-refractivity contribution >= 4 is 0 Å². The van der Waals surface area contributed by atoms with E-state index < -0.39 is 0 Å². The molecule has 2 aliphatic rings. The standard InChI is InChI=1S/C16H23NO/c1-13-4-6-14(7-5-13)11-17(15-8-9-15)12-16-3-2-10-18-16/h4-7,15-16H,2-3,8-12H2,1H3/t16-/m0/s1. The zero-order valence-electron chi connectivity index (χ0n) is 11.3. The molecule has 0 unspecified atom stereocenters. The van der Waals surface area contributed by atoms with Crippen LogP contribution in [0.25, 0.3) is 0 Å². The first-order chi connectivity index (χ1) is 8.81. The Morgan fingerprint density at radius 2 is 1.94 bits per heavy atom. The molecule has 0 radical (unpaired) electrons. The Kier molecular flexibility index (Phi) is 3.67. The fraction of sp³-hybridized carbons (Fsp3) is 0.625. The van der Waals surface area contributed by atoms with Crippen LogP contribution in [-0.4, -0.2) is 30.2 Å². The van der Waals surface area contributed by atoms with Crippen molar-refractivity contribution in [3.05, 3.63) is 35.4 Å². The molecule has 0 bridgehead atoms. The summed E-state index contributed by atoms with van der Waals surface area (Å²) in [7, 11) is 0. The van der Waals surface area contributed by atoms with E-state index in [1.807, 2.05) is 0 Å². The van der Waals surface area contributed by atoms with Gasteiger partial charge in [0.05, 0.1) is 6.10 Å². The second-order valence-corrected chi connectivity index (χ2v) is 5.78. The zero-order valence-corrected chi connectivity index (χ0v) is 11.3. The highest BCUT2D eigenvalue weighted by atomic mass is 16.5. The summed E-state index contributed by atoms with van der Waals surface area (Å²) in [6.45, 7) is 5.33. The van der Waals surface area contributed by atoms with E-state index in [2.05, 4.69) is 36.1 Å². The van der Waals surface area contributed by atoms with Gasteiger partial charge in [-0.3, -0.25) is 4.90 Å². The third kappa shape index (κ3) is 3.12. The number of hydrogen-bond donors (Lipinski definition) is 0. The maximum Gasteiger partial charge on any atom is 0.0703 e. The number of ether oxygens (including phenoxy) is 1. The maximum absolute atomic E-state index is 5.78. The van der Waals surface area contributed by atoms with E-state index in [9.17, 15) is 0 Å². The summed E-state index contributed by atoms with van der Waals surface area (Å²) in [4.78, 5) is 2.63. The van der Waals surface area contributed by atoms with Gasteiger partial charge in [0.2, 0.25) is 0 Å². The van der Waals surface area contributed by atoms with Crippen LogP contribution in [0.4, 0.5) is 0 Å². The van der Waals surface area contributed by atoms with Crippen LogP contribution < -0.4 is 0 Å². The maximum atomic E-state index is 5.78. The van der Waals surface area contributed by atoms with Gasteiger partial charge in [0.25, 0.3) is 0 Å². The van der Waals surface area contributed by atoms with E-state index >= 15 is 0 Å². The van der Waals surface area contributed by atoms with Crippen molar-refractivity contribution in [3.63, 3.8) is 0 Å². The Labute approximate surface area is 110 Å². The van der Waals surface area contributed by atoms with Gasteiger partial charge < -0.3 is 4.74 Å². The smallest absolute Gasteiger partial charge is 0.0703 e. The lowest BCUT2D eigenvalue weighted by atomic mass is 10.1. The Morgan fingerprint density at radius 3 is 2.56 bits per heavy atom. The lowest BCUT2D eigenvalue weighted by molar-refractivity contribution is 0.0677. The summed E-state index contributed by atoms with van der Waals surface area (Å²) in [6.07, 6.45) is 5.72. The van der Waals surface area contributed by atoms with Crippen LogP contribution >= 0.6 is 0 Å². The molecule has 0 N–H and O–H groups in total. The van der Waals surface area contributed by atoms with E-state index in [0.29, 0.717) is 6.10 Å². The Bertz CT molecular complexity index is 377. The summed E-state index contributed by atoms with van der Waals surface area (Å²) in [5.41, 5.74) is 2.78. The van der Waals surface area contributed by atoms with Crippen LogP contribution in [0.15, 0.2) is 24.3 Å². The van der Waals surface area contributed by atoms with Gasteiger partial charge in [-0.15, -0.1) is 0 Å². The highest BCUT2D eigenvalue weighted by Gasteiger charge is 2.31. The molecular weight excluding hydrogens is 222 g/mol. The molecule has 0 aromatic heterocycles. The lowest BCUT2D eigenvalue weighted by Crippen LogP contribution is -2.33. The molecule has 1 heterocycles. The van der Waals surface area contributed by atoms with E-state index in [1.54, 1.807) is 0 Å². The summed E-state index contributed by atoms with van der Waals surface area (Å²) in [5, 5.41) is 0. The van der Waals surface area contributed by atoms with Gasteiger partial charge in [0.15, 0.2) is 0 Å². The topological polar surface area (TPSA) is 12.5 Å². The van der Waals surface area contributed by atoms with Crippen LogP contribution in [0.2, 0.25) is 0 Å². The number of rotatable bonds is 5. The van der Waals surface area contributed by atoms with E-state index in [1.165, 1.54) is 36.8 Å². The fourth-order valence-corrected chi connectivity index (χ4v) is 2.76. The second kappa shape index (κ2) is 5.41. The third-order valence-corrected chi connectivity index (χ3v) is 4.03. The Morgan fingerprint density at radius 1 is 1.17 bits per heavy atom. The van der Waals surface area contributed by atoms with E-state index in [0.717, 1.165) is 25.7 Å². The third-order valence-electron chi connectivity index (χ3n) is 4.03. The molecule has 2 fully saturated rings. The molecular formula is C16H23NO. The van der Waals surface area contributed by atoms with Crippen LogP contribution in [-0.2, 0) is 11.3 Å². The molecule has 0 amide bonds. The predicted molar refractivity (Wildman–Crippen MR) is 73.6 cm³/mol. The molecule has 1 aromatic carbocycles. The minimum Gasteiger partial charge on any atom is -0.377 e. The molecule has 1 aliphatic carbocycles. The largest absolute Gasteiger partial charge is 0.377 e. The van der Waals surface area contributed by atoms with Crippen molar-refractivity contribution in [1.82, 2.24) is 4.90 Å². The quantitative estimate of drug-likeness (QED) is 0.790. The number of benzene rings is 1. The van der Waals surface area contributed by atoms with Gasteiger partial charge in [-0.2, -0.15) is 0 Å². The molecule has 1 saturated carbocycles. The van der Waals surface area contributed by atoms with E-state index in [4.69, 9.17) is 4.74 Å². The van der Waals surface area contributed by atoms with Crippen LogP contribution in [0.5, 0.6) is 0 Å². The van der Waals surface area contributed by atoms with Gasteiger partial charge in [0, 0.05) is 25.7 Å². The minimum absolute atomic E-state index is 0.482. The first kappa shape index (κ1) is 12.2. The van der Waals surface area contributed by atoms with Gasteiger partial charge in [-0.05, 0) is 38.2 Å². The predicted octanol–water partition coefficient (Wildman–Crippen LogP) is 3.14. The SMILES string of the molecule is Cc1ccc(CN(C[C@@H]2CCCO2)C2CC2)cc1. The lowest BCUT2D eigenvalue weighted by Gasteiger charge is -2.25. The van der Waals surface area contributed by atoms with Gasteiger partial charge in [-0.25, -0.2) is 0 Å². The highest BCUT2D eigenvalue weighted by molar-refractivity contribution is 5.21. The fourth-order valence-electron chi connectivity index (χ4n) is 2.76. The summed E-state index contributed by atoms with van der Waals surface area (Å²) < 4.78 is 5.78. The van der Waals surface area contributed by atoms with Crippen molar-refractivity contribution in [1.29, 1.82) is 0 Å². The van der Waals surface area contributed by atoms with Crippen LogP contribution in [0.3, 0.4) is 0 Å². The molecule has 1 aliphatic heterocycles. The van der Waals surface area contributed by atoms with Crippen molar-refractivity contribution < 1.29 is 4.74 Å². The number of aryl methyl sites for hydroxylation is 1. The average Bonchev–Trinajstić information content (AvgIpc) is 3.10. The molecule has 1 atom stereocenters. The Hall–Kier alpha value is -0.860. The second-order valence-electron chi connectivity index (χ2n) is 5.78. The normalized spacial score (nSPS) is 23.8. The molecule has 1 saturated heterocycles. The molecule has 98 valence electrons. The monoisotopic (exact) mass is 245 g/mol. The molecule has 18 heavy (non-hydrogen) atoms. The molecule has 0 spiro atoms. The zero-order chi connectivity index (χ0) is 12.4. The molecule has 1 aromatic rings. The summed E-state index contributed by atoms with van der Waals surface area (Å²) in [6, 6.07) is 9.77. The van der Waals surface area contributed by atoms with Gasteiger partial charge in [-0.1, -0.05) is 29.8 Å². The van der Waals surface area contributed by atoms with Crippen molar-refractivity contribution in [3.8, 4) is 0 Å².